The molecule has 0 spiro atoms. The van der Waals surface area contributed by atoms with Gasteiger partial charge in [0, 0.05) is 11.1 Å². The third kappa shape index (κ3) is 2.72. The predicted octanol–water partition coefficient (Wildman–Crippen LogP) is 3.94. The third-order valence-electron chi connectivity index (χ3n) is 3.31. The molecule has 0 bridgehead atoms. The Hall–Kier alpha value is -2.62. The van der Waals surface area contributed by atoms with Gasteiger partial charge in [0.05, 0.1) is 5.71 Å². The topological polar surface area (TPSA) is 50.7 Å². The number of hydrogen-bond donors (Lipinski definition) is 1. The average molecular weight is 294 g/mol. The zero-order chi connectivity index (χ0) is 15.7. The highest BCUT2D eigenvalue weighted by Crippen LogP contribution is 2.36. The van der Waals surface area contributed by atoms with E-state index < -0.39 is 11.7 Å². The molecule has 0 fully saturated rings. The molecular formula is C18H18N2O2. The Morgan fingerprint density at radius 1 is 0.909 bits per heavy atom. The van der Waals surface area contributed by atoms with Gasteiger partial charge in [0.25, 0.3) is 0 Å². The second-order valence-electron chi connectivity index (χ2n) is 6.17. The first kappa shape index (κ1) is 14.3. The van der Waals surface area contributed by atoms with Gasteiger partial charge in [-0.15, -0.1) is 0 Å². The molecule has 0 heterocycles. The number of nitrogens with zero attached hydrogens (tertiary/aromatic N) is 1. The van der Waals surface area contributed by atoms with Gasteiger partial charge in [-0.3, -0.25) is 0 Å². The maximum absolute atomic E-state index is 11.8. The first-order valence-electron chi connectivity index (χ1n) is 7.21. The molecular weight excluding hydrogens is 276 g/mol. The van der Waals surface area contributed by atoms with Crippen molar-refractivity contribution in [1.82, 2.24) is 5.43 Å². The van der Waals surface area contributed by atoms with Crippen molar-refractivity contribution < 1.29 is 9.53 Å². The number of carbonyl (C=O) groups excluding carboxylic acids is 1. The molecule has 1 aliphatic carbocycles. The largest absolute Gasteiger partial charge is 0.443 e. The van der Waals surface area contributed by atoms with Crippen molar-refractivity contribution in [3.05, 3.63) is 59.7 Å². The van der Waals surface area contributed by atoms with E-state index in [9.17, 15) is 4.79 Å². The van der Waals surface area contributed by atoms with Crippen LogP contribution in [-0.2, 0) is 4.74 Å². The van der Waals surface area contributed by atoms with Crippen molar-refractivity contribution in [2.45, 2.75) is 26.4 Å². The minimum absolute atomic E-state index is 0.546. The summed E-state index contributed by atoms with van der Waals surface area (Å²) >= 11 is 0. The monoisotopic (exact) mass is 294 g/mol. The van der Waals surface area contributed by atoms with E-state index in [1.54, 1.807) is 0 Å². The number of benzene rings is 2. The number of hydrazone groups is 1. The van der Waals surface area contributed by atoms with Crippen molar-refractivity contribution in [1.29, 1.82) is 0 Å². The van der Waals surface area contributed by atoms with Crippen molar-refractivity contribution in [3.8, 4) is 11.1 Å². The maximum atomic E-state index is 11.8. The summed E-state index contributed by atoms with van der Waals surface area (Å²) in [5.41, 5.74) is 6.99. The Balaban J connectivity index is 1.94. The SMILES string of the molecule is CC(C)(C)OC(=O)NN=C1c2ccccc2-c2ccccc21. The molecule has 0 radical (unpaired) electrons. The lowest BCUT2D eigenvalue weighted by atomic mass is 10.1. The van der Waals surface area contributed by atoms with Gasteiger partial charge < -0.3 is 4.74 Å². The zero-order valence-electron chi connectivity index (χ0n) is 12.9. The van der Waals surface area contributed by atoms with Crippen LogP contribution >= 0.6 is 0 Å². The van der Waals surface area contributed by atoms with Crippen molar-refractivity contribution >= 4 is 11.8 Å². The van der Waals surface area contributed by atoms with Crippen LogP contribution in [0.4, 0.5) is 4.79 Å². The highest BCUT2D eigenvalue weighted by molar-refractivity contribution is 6.24. The second kappa shape index (κ2) is 5.30. The van der Waals surface area contributed by atoms with Crippen LogP contribution in [0.15, 0.2) is 53.6 Å². The molecule has 1 N–H and O–H groups in total. The van der Waals surface area contributed by atoms with Gasteiger partial charge >= 0.3 is 6.09 Å². The number of amides is 1. The van der Waals surface area contributed by atoms with E-state index in [1.807, 2.05) is 57.2 Å². The molecule has 3 rings (SSSR count). The van der Waals surface area contributed by atoms with Crippen LogP contribution in [0.5, 0.6) is 0 Å². The lowest BCUT2D eigenvalue weighted by Crippen LogP contribution is -2.30. The molecule has 0 atom stereocenters. The van der Waals surface area contributed by atoms with Gasteiger partial charge in [0.15, 0.2) is 0 Å². The van der Waals surface area contributed by atoms with Gasteiger partial charge in [0.1, 0.15) is 5.60 Å². The van der Waals surface area contributed by atoms with Gasteiger partial charge in [-0.25, -0.2) is 10.2 Å². The van der Waals surface area contributed by atoms with E-state index in [2.05, 4.69) is 22.7 Å². The molecule has 0 unspecified atom stereocenters. The average Bonchev–Trinajstić information content (AvgIpc) is 2.78. The second-order valence-corrected chi connectivity index (χ2v) is 6.17. The highest BCUT2D eigenvalue weighted by atomic mass is 16.6. The fourth-order valence-electron chi connectivity index (χ4n) is 2.52. The lowest BCUT2D eigenvalue weighted by molar-refractivity contribution is 0.0529. The number of nitrogens with one attached hydrogen (secondary N) is 1. The maximum Gasteiger partial charge on any atom is 0.428 e. The molecule has 2 aromatic carbocycles. The molecule has 0 aromatic heterocycles. The molecule has 4 heteroatoms. The Morgan fingerprint density at radius 2 is 1.36 bits per heavy atom. The standard InChI is InChI=1S/C18H18N2O2/c1-18(2,3)22-17(21)20-19-16-14-10-6-4-8-12(14)13-9-5-7-11-15(13)16/h4-11H,1-3H3,(H,20,21). The third-order valence-corrected chi connectivity index (χ3v) is 3.31. The fourth-order valence-corrected chi connectivity index (χ4v) is 2.52. The Bertz CT molecular complexity index is 710. The van der Waals surface area contributed by atoms with Crippen molar-refractivity contribution in [2.75, 3.05) is 0 Å². The van der Waals surface area contributed by atoms with Crippen molar-refractivity contribution in [2.24, 2.45) is 5.10 Å². The smallest absolute Gasteiger partial charge is 0.428 e. The summed E-state index contributed by atoms with van der Waals surface area (Å²) in [5, 5.41) is 4.28. The van der Waals surface area contributed by atoms with Crippen LogP contribution in [0.2, 0.25) is 0 Å². The van der Waals surface area contributed by atoms with Crippen LogP contribution < -0.4 is 5.43 Å². The lowest BCUT2D eigenvalue weighted by Gasteiger charge is -2.18. The van der Waals surface area contributed by atoms with Crippen LogP contribution in [0.25, 0.3) is 11.1 Å². The minimum Gasteiger partial charge on any atom is -0.443 e. The molecule has 112 valence electrons. The minimum atomic E-state index is -0.554. The number of carbonyl (C=O) groups is 1. The summed E-state index contributed by atoms with van der Waals surface area (Å²) in [7, 11) is 0. The highest BCUT2D eigenvalue weighted by Gasteiger charge is 2.24. The Kier molecular flexibility index (Phi) is 3.45. The molecule has 0 saturated carbocycles. The summed E-state index contributed by atoms with van der Waals surface area (Å²) in [6, 6.07) is 16.1. The predicted molar refractivity (Wildman–Crippen MR) is 86.9 cm³/mol. The number of rotatable bonds is 1. The summed E-state index contributed by atoms with van der Waals surface area (Å²) in [4.78, 5) is 11.8. The molecule has 0 saturated heterocycles. The van der Waals surface area contributed by atoms with Crippen LogP contribution in [-0.4, -0.2) is 17.4 Å². The molecule has 22 heavy (non-hydrogen) atoms. The molecule has 0 aliphatic heterocycles. The molecule has 1 amide bonds. The van der Waals surface area contributed by atoms with E-state index in [-0.39, 0.29) is 0 Å². The van der Waals surface area contributed by atoms with Gasteiger partial charge in [-0.05, 0) is 31.9 Å². The van der Waals surface area contributed by atoms with E-state index >= 15 is 0 Å². The Labute approximate surface area is 129 Å². The number of hydrogen-bond acceptors (Lipinski definition) is 3. The molecule has 4 nitrogen and oxygen atoms in total. The van der Waals surface area contributed by atoms with E-state index in [4.69, 9.17) is 4.74 Å². The van der Waals surface area contributed by atoms with E-state index in [1.165, 1.54) is 0 Å². The van der Waals surface area contributed by atoms with Crippen molar-refractivity contribution in [3.63, 3.8) is 0 Å². The van der Waals surface area contributed by atoms with E-state index in [0.29, 0.717) is 0 Å². The van der Waals surface area contributed by atoms with Crippen LogP contribution in [0, 0.1) is 0 Å². The molecule has 1 aliphatic rings. The summed E-state index contributed by atoms with van der Waals surface area (Å²) < 4.78 is 5.22. The van der Waals surface area contributed by atoms with Gasteiger partial charge in [-0.2, -0.15) is 5.10 Å². The summed E-state index contributed by atoms with van der Waals surface area (Å²) in [5.74, 6) is 0. The first-order chi connectivity index (χ1) is 10.5. The van der Waals surface area contributed by atoms with Gasteiger partial charge in [-0.1, -0.05) is 48.5 Å². The van der Waals surface area contributed by atoms with Crippen LogP contribution in [0.1, 0.15) is 31.9 Å². The van der Waals surface area contributed by atoms with Gasteiger partial charge in [0.2, 0.25) is 0 Å². The summed E-state index contributed by atoms with van der Waals surface area (Å²) in [6.07, 6.45) is -0.554. The quantitative estimate of drug-likeness (QED) is 0.691. The number of ether oxygens (including phenoxy) is 1. The molecule has 2 aromatic rings. The van der Waals surface area contributed by atoms with E-state index in [0.717, 1.165) is 28.0 Å². The Morgan fingerprint density at radius 3 is 1.82 bits per heavy atom. The number of fused-ring (bicyclic) bond motifs is 3. The fraction of sp³-hybridized carbons (Fsp3) is 0.222. The normalized spacial score (nSPS) is 12.4. The zero-order valence-corrected chi connectivity index (χ0v) is 12.9. The summed E-state index contributed by atoms with van der Waals surface area (Å²) in [6.45, 7) is 5.46. The first-order valence-corrected chi connectivity index (χ1v) is 7.21. The van der Waals surface area contributed by atoms with Crippen LogP contribution in [0.3, 0.4) is 0 Å².